The number of amides is 1. The van der Waals surface area contributed by atoms with Gasteiger partial charge < -0.3 is 14.6 Å². The number of carboxylic acids is 1. The summed E-state index contributed by atoms with van der Waals surface area (Å²) in [6, 6.07) is 3.47. The van der Waals surface area contributed by atoms with Crippen molar-refractivity contribution in [3.8, 4) is 0 Å². The van der Waals surface area contributed by atoms with Crippen molar-refractivity contribution in [1.29, 1.82) is 0 Å². The summed E-state index contributed by atoms with van der Waals surface area (Å²) < 4.78 is 39.9. The third-order valence-corrected chi connectivity index (χ3v) is 5.56. The molecule has 7 nitrogen and oxygen atoms in total. The summed E-state index contributed by atoms with van der Waals surface area (Å²) in [6.45, 7) is 0.810. The number of hydrogen-bond donors (Lipinski definition) is 1. The number of carbonyl (C=O) groups excluding carboxylic acids is 1. The fraction of sp³-hybridized carbons (Fsp3) is 0.474. The van der Waals surface area contributed by atoms with Crippen LogP contribution in [0.1, 0.15) is 58.8 Å². The van der Waals surface area contributed by atoms with Crippen molar-refractivity contribution in [1.82, 2.24) is 19.7 Å². The molecule has 0 bridgehead atoms. The predicted molar refractivity (Wildman–Crippen MR) is 94.3 cm³/mol. The Kier molecular flexibility index (Phi) is 4.79. The third-order valence-electron chi connectivity index (χ3n) is 5.56. The van der Waals surface area contributed by atoms with Gasteiger partial charge in [-0.15, -0.1) is 10.2 Å². The van der Waals surface area contributed by atoms with E-state index >= 15 is 0 Å². The molecule has 2 unspecified atom stereocenters. The molecule has 0 radical (unpaired) electrons. The highest BCUT2D eigenvalue weighted by Crippen LogP contribution is 2.34. The monoisotopic (exact) mass is 408 g/mol. The Bertz CT molecular complexity index is 939. The van der Waals surface area contributed by atoms with Gasteiger partial charge in [0.05, 0.1) is 5.56 Å². The Hall–Kier alpha value is -2.91. The van der Waals surface area contributed by atoms with E-state index in [9.17, 15) is 27.9 Å². The van der Waals surface area contributed by atoms with Gasteiger partial charge in [-0.2, -0.15) is 13.2 Å². The lowest BCUT2D eigenvalue weighted by Crippen LogP contribution is -2.40. The van der Waals surface area contributed by atoms with Crippen molar-refractivity contribution in [2.75, 3.05) is 13.1 Å². The van der Waals surface area contributed by atoms with Crippen molar-refractivity contribution in [3.05, 3.63) is 47.0 Å². The van der Waals surface area contributed by atoms with Crippen molar-refractivity contribution in [3.63, 3.8) is 0 Å². The zero-order chi connectivity index (χ0) is 20.8. The first-order valence-corrected chi connectivity index (χ1v) is 9.38. The second-order valence-electron chi connectivity index (χ2n) is 7.40. The molecule has 1 aromatic carbocycles. The first kappa shape index (κ1) is 19.4. The molecule has 10 heteroatoms. The van der Waals surface area contributed by atoms with E-state index in [4.69, 9.17) is 0 Å². The number of likely N-dealkylation sites (tertiary alicyclic amines) is 1. The number of piperidine rings is 1. The maximum atomic E-state index is 12.8. The van der Waals surface area contributed by atoms with Crippen LogP contribution in [-0.4, -0.2) is 49.7 Å². The standard InChI is InChI=1S/C19H19F3N4O3/c20-19(21,22)13-5-3-11(4-6-13)17(27)25-9-1-2-12(10-25)16-24-23-15-8-7-14(18(28)29)26(15)16/h3-6,12,14H,1-2,7-10H2,(H,28,29). The van der Waals surface area contributed by atoms with Crippen LogP contribution in [0.15, 0.2) is 24.3 Å². The van der Waals surface area contributed by atoms with Gasteiger partial charge in [0.15, 0.2) is 0 Å². The topological polar surface area (TPSA) is 88.3 Å². The van der Waals surface area contributed by atoms with Crippen LogP contribution in [0.5, 0.6) is 0 Å². The summed E-state index contributed by atoms with van der Waals surface area (Å²) in [4.78, 5) is 25.9. The summed E-state index contributed by atoms with van der Waals surface area (Å²) in [6.07, 6.45) is -2.01. The number of rotatable bonds is 3. The van der Waals surface area contributed by atoms with Gasteiger partial charge >= 0.3 is 12.1 Å². The number of halogens is 3. The highest BCUT2D eigenvalue weighted by Gasteiger charge is 2.37. The lowest BCUT2D eigenvalue weighted by molar-refractivity contribution is -0.141. The highest BCUT2D eigenvalue weighted by molar-refractivity contribution is 5.94. The molecular weight excluding hydrogens is 389 g/mol. The molecule has 2 atom stereocenters. The summed E-state index contributed by atoms with van der Waals surface area (Å²) in [5, 5.41) is 17.7. The zero-order valence-electron chi connectivity index (χ0n) is 15.4. The van der Waals surface area contributed by atoms with Crippen LogP contribution in [0.25, 0.3) is 0 Å². The number of alkyl halides is 3. The number of fused-ring (bicyclic) bond motifs is 1. The lowest BCUT2D eigenvalue weighted by atomic mass is 9.96. The van der Waals surface area contributed by atoms with E-state index in [-0.39, 0.29) is 17.4 Å². The number of carboxylic acid groups (broad SMARTS) is 1. The minimum Gasteiger partial charge on any atom is -0.480 e. The van der Waals surface area contributed by atoms with Gasteiger partial charge in [0.25, 0.3) is 5.91 Å². The van der Waals surface area contributed by atoms with E-state index < -0.39 is 23.8 Å². The molecule has 2 aliphatic rings. The Morgan fingerprint density at radius 2 is 1.83 bits per heavy atom. The maximum Gasteiger partial charge on any atom is 0.416 e. The zero-order valence-corrected chi connectivity index (χ0v) is 15.4. The number of aliphatic carboxylic acids is 1. The van der Waals surface area contributed by atoms with Gasteiger partial charge in [-0.05, 0) is 43.5 Å². The molecule has 1 N–H and O–H groups in total. The van der Waals surface area contributed by atoms with Crippen molar-refractivity contribution in [2.45, 2.75) is 43.8 Å². The molecule has 3 heterocycles. The molecule has 0 spiro atoms. The van der Waals surface area contributed by atoms with Crippen LogP contribution >= 0.6 is 0 Å². The Morgan fingerprint density at radius 3 is 2.48 bits per heavy atom. The number of aromatic nitrogens is 3. The summed E-state index contributed by atoms with van der Waals surface area (Å²) in [7, 11) is 0. The lowest BCUT2D eigenvalue weighted by Gasteiger charge is -2.32. The largest absolute Gasteiger partial charge is 0.480 e. The van der Waals surface area contributed by atoms with Crippen LogP contribution in [0.4, 0.5) is 13.2 Å². The van der Waals surface area contributed by atoms with Crippen LogP contribution in [0.3, 0.4) is 0 Å². The molecule has 0 saturated carbocycles. The fourth-order valence-electron chi connectivity index (χ4n) is 4.11. The quantitative estimate of drug-likeness (QED) is 0.844. The summed E-state index contributed by atoms with van der Waals surface area (Å²) in [5.74, 6) is -0.241. The number of nitrogens with zero attached hydrogens (tertiary/aromatic N) is 4. The second kappa shape index (κ2) is 7.16. The molecule has 1 aromatic heterocycles. The summed E-state index contributed by atoms with van der Waals surface area (Å²) in [5.41, 5.74) is -0.613. The SMILES string of the molecule is O=C(O)C1CCc2nnc(C3CCCN(C(=O)c4ccc(C(F)(F)F)cc4)C3)n21. The first-order valence-electron chi connectivity index (χ1n) is 9.38. The number of carbonyl (C=O) groups is 2. The van der Waals surface area contributed by atoms with Crippen molar-refractivity contribution >= 4 is 11.9 Å². The van der Waals surface area contributed by atoms with Crippen molar-refractivity contribution in [2.24, 2.45) is 0 Å². The normalized spacial score (nSPS) is 21.8. The number of benzene rings is 1. The minimum atomic E-state index is -4.45. The molecule has 1 saturated heterocycles. The average molecular weight is 408 g/mol. The van der Waals surface area contributed by atoms with E-state index in [1.165, 1.54) is 12.1 Å². The van der Waals surface area contributed by atoms with E-state index in [0.717, 1.165) is 18.6 Å². The van der Waals surface area contributed by atoms with Crippen LogP contribution in [-0.2, 0) is 17.4 Å². The molecule has 4 rings (SSSR count). The third kappa shape index (κ3) is 3.58. The van der Waals surface area contributed by atoms with E-state index in [1.807, 2.05) is 0 Å². The summed E-state index contributed by atoms with van der Waals surface area (Å²) >= 11 is 0. The molecule has 2 aliphatic heterocycles. The van der Waals surface area contributed by atoms with Crippen LogP contribution in [0.2, 0.25) is 0 Å². The molecule has 154 valence electrons. The van der Waals surface area contributed by atoms with Crippen LogP contribution < -0.4 is 0 Å². The van der Waals surface area contributed by atoms with Gasteiger partial charge in [0, 0.05) is 31.0 Å². The van der Waals surface area contributed by atoms with E-state index in [0.29, 0.717) is 44.0 Å². The Balaban J connectivity index is 1.52. The van der Waals surface area contributed by atoms with E-state index in [2.05, 4.69) is 10.2 Å². The second-order valence-corrected chi connectivity index (χ2v) is 7.40. The molecule has 2 aromatic rings. The van der Waals surface area contributed by atoms with Gasteiger partial charge in [0.1, 0.15) is 17.7 Å². The van der Waals surface area contributed by atoms with Gasteiger partial charge in [-0.25, -0.2) is 4.79 Å². The molecular formula is C19H19F3N4O3. The van der Waals surface area contributed by atoms with Gasteiger partial charge in [-0.1, -0.05) is 0 Å². The van der Waals surface area contributed by atoms with Crippen LogP contribution in [0, 0.1) is 0 Å². The minimum absolute atomic E-state index is 0.164. The molecule has 0 aliphatic carbocycles. The maximum absolute atomic E-state index is 12.8. The highest BCUT2D eigenvalue weighted by atomic mass is 19.4. The number of aryl methyl sites for hydroxylation is 1. The van der Waals surface area contributed by atoms with E-state index in [1.54, 1.807) is 9.47 Å². The first-order chi connectivity index (χ1) is 13.8. The van der Waals surface area contributed by atoms with Gasteiger partial charge in [0.2, 0.25) is 0 Å². The van der Waals surface area contributed by atoms with Gasteiger partial charge in [-0.3, -0.25) is 4.79 Å². The number of hydrogen-bond acceptors (Lipinski definition) is 4. The fourth-order valence-corrected chi connectivity index (χ4v) is 4.11. The molecule has 1 amide bonds. The smallest absolute Gasteiger partial charge is 0.416 e. The Labute approximate surface area is 164 Å². The molecule has 1 fully saturated rings. The van der Waals surface area contributed by atoms with Crippen molar-refractivity contribution < 1.29 is 27.9 Å². The molecule has 29 heavy (non-hydrogen) atoms. The predicted octanol–water partition coefficient (Wildman–Crippen LogP) is 2.89. The Morgan fingerprint density at radius 1 is 1.10 bits per heavy atom. The average Bonchev–Trinajstić information content (AvgIpc) is 3.29.